The molecule has 0 heterocycles. The summed E-state index contributed by atoms with van der Waals surface area (Å²) in [6.45, 7) is 1.52. The van der Waals surface area contributed by atoms with Crippen molar-refractivity contribution in [2.45, 2.75) is 6.42 Å². The van der Waals surface area contributed by atoms with E-state index in [-0.39, 0.29) is 5.97 Å². The Balaban J connectivity index is 2.58. The number of esters is 1. The molecule has 0 bridgehead atoms. The van der Waals surface area contributed by atoms with Crippen molar-refractivity contribution in [3.05, 3.63) is 104 Å². The second kappa shape index (κ2) is 8.70. The van der Waals surface area contributed by atoms with E-state index in [0.29, 0.717) is 6.42 Å². The molecular formula is C24H23O2P. The van der Waals surface area contributed by atoms with Crippen LogP contribution in [0.3, 0.4) is 0 Å². The lowest BCUT2D eigenvalue weighted by atomic mass is 10.3. The van der Waals surface area contributed by atoms with Gasteiger partial charge in [-0.3, -0.25) is 0 Å². The van der Waals surface area contributed by atoms with Gasteiger partial charge < -0.3 is 4.74 Å². The van der Waals surface area contributed by atoms with Crippen LogP contribution in [-0.2, 0) is 9.53 Å². The first-order valence-electron chi connectivity index (χ1n) is 8.86. The third-order valence-electron chi connectivity index (χ3n) is 4.59. The molecular weight excluding hydrogens is 351 g/mol. The van der Waals surface area contributed by atoms with E-state index in [1.54, 1.807) is 6.08 Å². The first kappa shape index (κ1) is 18.9. The van der Waals surface area contributed by atoms with Crippen molar-refractivity contribution in [2.24, 2.45) is 0 Å². The lowest BCUT2D eigenvalue weighted by molar-refractivity contribution is -0.132. The van der Waals surface area contributed by atoms with Crippen LogP contribution in [0.1, 0.15) is 6.42 Å². The van der Waals surface area contributed by atoms with E-state index in [1.165, 1.54) is 7.11 Å². The third kappa shape index (κ3) is 3.54. The first-order valence-corrected chi connectivity index (χ1v) is 10.7. The molecule has 0 aliphatic rings. The molecule has 136 valence electrons. The van der Waals surface area contributed by atoms with Crippen molar-refractivity contribution in [3.63, 3.8) is 0 Å². The number of ether oxygens (including phenoxy) is 1. The predicted molar refractivity (Wildman–Crippen MR) is 117 cm³/mol. The minimum atomic E-state index is -2.38. The van der Waals surface area contributed by atoms with Crippen molar-refractivity contribution in [3.8, 4) is 0 Å². The number of benzene rings is 3. The molecule has 0 N–H and O–H groups in total. The van der Waals surface area contributed by atoms with Crippen molar-refractivity contribution < 1.29 is 9.53 Å². The molecule has 3 heteroatoms. The summed E-state index contributed by atoms with van der Waals surface area (Å²) in [5.41, 5.74) is 0. The van der Waals surface area contributed by atoms with Crippen LogP contribution in [0.5, 0.6) is 0 Å². The largest absolute Gasteiger partial charge is 0.466 e. The van der Waals surface area contributed by atoms with Gasteiger partial charge in [0.05, 0.1) is 12.4 Å². The average Bonchev–Trinajstić information content (AvgIpc) is 2.75. The zero-order valence-corrected chi connectivity index (χ0v) is 16.3. The van der Waals surface area contributed by atoms with Gasteiger partial charge in [-0.25, -0.2) is 4.79 Å². The molecule has 0 spiro atoms. The molecule has 0 amide bonds. The summed E-state index contributed by atoms with van der Waals surface area (Å²) in [4.78, 5) is 13.0. The van der Waals surface area contributed by atoms with Gasteiger partial charge in [-0.15, -0.1) is 6.58 Å². The van der Waals surface area contributed by atoms with Gasteiger partial charge in [-0.05, 0) is 29.2 Å². The van der Waals surface area contributed by atoms with Crippen LogP contribution in [0.15, 0.2) is 104 Å². The standard InChI is InChI=1S/C24H23O2P/c1-3-13-23(24(25)26-2)27(20-14-7-4-8-15-20,21-16-9-5-10-17-21)22-18-11-6-12-19-22/h3-12,14-19H,1,13H2,2H3. The molecule has 0 aliphatic heterocycles. The number of methoxy groups -OCH3 is 1. The van der Waals surface area contributed by atoms with Crippen LogP contribution >= 0.6 is 6.89 Å². The van der Waals surface area contributed by atoms with Gasteiger partial charge >= 0.3 is 5.97 Å². The molecule has 2 nitrogen and oxygen atoms in total. The molecule has 3 aromatic carbocycles. The second-order valence-electron chi connectivity index (χ2n) is 6.11. The number of rotatable bonds is 6. The highest BCUT2D eigenvalue weighted by molar-refractivity contribution is 7.96. The average molecular weight is 374 g/mol. The second-order valence-corrected chi connectivity index (χ2v) is 9.54. The summed E-state index contributed by atoms with van der Waals surface area (Å²) in [5.74, 6) is -0.278. The molecule has 0 saturated heterocycles. The van der Waals surface area contributed by atoms with Crippen LogP contribution in [0.4, 0.5) is 0 Å². The van der Waals surface area contributed by atoms with Crippen molar-refractivity contribution in [2.75, 3.05) is 7.11 Å². The van der Waals surface area contributed by atoms with Crippen LogP contribution in [0, 0.1) is 0 Å². The highest BCUT2D eigenvalue weighted by Gasteiger charge is 2.32. The van der Waals surface area contributed by atoms with E-state index < -0.39 is 6.89 Å². The van der Waals surface area contributed by atoms with Crippen LogP contribution < -0.4 is 15.9 Å². The zero-order valence-electron chi connectivity index (χ0n) is 15.4. The topological polar surface area (TPSA) is 26.3 Å². The van der Waals surface area contributed by atoms with Crippen molar-refractivity contribution in [1.29, 1.82) is 0 Å². The fourth-order valence-corrected chi connectivity index (χ4v) is 7.94. The number of carbonyl (C=O) groups excluding carboxylic acids is 1. The summed E-state index contributed by atoms with van der Waals surface area (Å²) in [5, 5.41) is 4.14. The monoisotopic (exact) mass is 374 g/mol. The Labute approximate surface area is 161 Å². The number of allylic oxidation sites excluding steroid dienone is 1. The first-order chi connectivity index (χ1) is 13.2. The fraction of sp³-hybridized carbons (Fsp3) is 0.0833. The molecule has 0 unspecified atom stereocenters. The minimum Gasteiger partial charge on any atom is -0.466 e. The highest BCUT2D eigenvalue weighted by Crippen LogP contribution is 2.47. The Bertz CT molecular complexity index is 858. The Hall–Kier alpha value is -2.83. The molecule has 0 aromatic heterocycles. The lowest BCUT2D eigenvalue weighted by Crippen LogP contribution is -2.33. The fourth-order valence-electron chi connectivity index (χ4n) is 3.48. The number of carbonyl (C=O) groups is 1. The maximum atomic E-state index is 13.0. The Morgan fingerprint density at radius 3 is 1.48 bits per heavy atom. The lowest BCUT2D eigenvalue weighted by Gasteiger charge is -2.31. The van der Waals surface area contributed by atoms with Crippen molar-refractivity contribution in [1.82, 2.24) is 0 Å². The highest BCUT2D eigenvalue weighted by atomic mass is 31.2. The maximum absolute atomic E-state index is 13.0. The van der Waals surface area contributed by atoms with E-state index in [1.807, 2.05) is 54.6 Å². The smallest absolute Gasteiger partial charge is 0.335 e. The third-order valence-corrected chi connectivity index (χ3v) is 8.99. The Morgan fingerprint density at radius 2 is 1.19 bits per heavy atom. The molecule has 0 fully saturated rings. The molecule has 0 saturated carbocycles. The molecule has 0 radical (unpaired) electrons. The Morgan fingerprint density at radius 1 is 0.815 bits per heavy atom. The minimum absolute atomic E-state index is 0.278. The maximum Gasteiger partial charge on any atom is 0.335 e. The van der Waals surface area contributed by atoms with Gasteiger partial charge in [0, 0.05) is 0 Å². The van der Waals surface area contributed by atoms with Gasteiger partial charge in [0.25, 0.3) is 0 Å². The molecule has 3 aromatic rings. The van der Waals surface area contributed by atoms with Crippen LogP contribution in [0.25, 0.3) is 0 Å². The van der Waals surface area contributed by atoms with E-state index in [2.05, 4.69) is 43.0 Å². The zero-order chi connectivity index (χ0) is 19.1. The SMILES string of the molecule is C=CCC(C(=O)OC)=P(c1ccccc1)(c1ccccc1)c1ccccc1. The predicted octanol–water partition coefficient (Wildman–Crippen LogP) is 3.90. The van der Waals surface area contributed by atoms with Gasteiger partial charge in [0.1, 0.15) is 0 Å². The van der Waals surface area contributed by atoms with Gasteiger partial charge in [-0.1, -0.05) is 97.1 Å². The summed E-state index contributed by atoms with van der Waals surface area (Å²) in [6, 6.07) is 30.8. The number of hydrogen-bond donors (Lipinski definition) is 0. The molecule has 3 rings (SSSR count). The van der Waals surface area contributed by atoms with E-state index in [9.17, 15) is 4.79 Å². The van der Waals surface area contributed by atoms with Gasteiger partial charge in [0.2, 0.25) is 0 Å². The summed E-state index contributed by atoms with van der Waals surface area (Å²) >= 11 is 0. The van der Waals surface area contributed by atoms with Gasteiger partial charge in [-0.2, -0.15) is 0 Å². The quantitative estimate of drug-likeness (QED) is 0.372. The van der Waals surface area contributed by atoms with Crippen LogP contribution in [0.2, 0.25) is 0 Å². The normalized spacial score (nSPS) is 10.9. The molecule has 0 aliphatic carbocycles. The summed E-state index contributed by atoms with van der Waals surface area (Å²) in [7, 11) is 1.45. The Kier molecular flexibility index (Phi) is 6.11. The molecule has 27 heavy (non-hydrogen) atoms. The number of hydrogen-bond acceptors (Lipinski definition) is 2. The van der Waals surface area contributed by atoms with E-state index in [4.69, 9.17) is 4.74 Å². The summed E-state index contributed by atoms with van der Waals surface area (Å²) in [6.07, 6.45) is 2.26. The summed E-state index contributed by atoms with van der Waals surface area (Å²) < 4.78 is 5.24. The molecule has 0 atom stereocenters. The van der Waals surface area contributed by atoms with Crippen LogP contribution in [-0.4, -0.2) is 18.4 Å². The van der Waals surface area contributed by atoms with Gasteiger partial charge in [0.15, 0.2) is 0 Å². The van der Waals surface area contributed by atoms with E-state index >= 15 is 0 Å². The van der Waals surface area contributed by atoms with E-state index in [0.717, 1.165) is 21.2 Å². The van der Waals surface area contributed by atoms with Crippen molar-refractivity contribution >= 4 is 34.1 Å².